The van der Waals surface area contributed by atoms with Crippen LogP contribution >= 0.6 is 0 Å². The summed E-state index contributed by atoms with van der Waals surface area (Å²) < 4.78 is 37.8. The Labute approximate surface area is 101 Å². The highest BCUT2D eigenvalue weighted by atomic mass is 32.3. The smallest absolute Gasteiger partial charge is 0.446 e. The first-order valence-electron chi connectivity index (χ1n) is 4.99. The van der Waals surface area contributed by atoms with E-state index < -0.39 is 16.4 Å². The van der Waals surface area contributed by atoms with Crippen LogP contribution in [0.4, 0.5) is 0 Å². The Balaban J connectivity index is 3.49. The van der Waals surface area contributed by atoms with Crippen molar-refractivity contribution in [1.29, 1.82) is 0 Å². The van der Waals surface area contributed by atoms with Gasteiger partial charge in [-0.05, 0) is 19.3 Å². The van der Waals surface area contributed by atoms with Crippen LogP contribution in [-0.4, -0.2) is 25.5 Å². The van der Waals surface area contributed by atoms with Crippen molar-refractivity contribution in [2.75, 3.05) is 6.61 Å². The highest BCUT2D eigenvalue weighted by molar-refractivity contribution is 7.81. The molecular weight excluding hydrogens is 248 g/mol. The lowest BCUT2D eigenvalue weighted by molar-refractivity contribution is -0.137. The predicted molar refractivity (Wildman–Crippen MR) is 61.4 cm³/mol. The van der Waals surface area contributed by atoms with Gasteiger partial charge in [0.1, 0.15) is 5.76 Å². The van der Waals surface area contributed by atoms with Gasteiger partial charge >= 0.3 is 16.4 Å². The zero-order chi connectivity index (χ0) is 13.3. The average molecular weight is 264 g/mol. The molecular formula is C10H16O6S. The van der Waals surface area contributed by atoms with Crippen molar-refractivity contribution < 1.29 is 26.7 Å². The maximum Gasteiger partial charge on any atom is 0.446 e. The van der Waals surface area contributed by atoms with Crippen molar-refractivity contribution in [2.45, 2.75) is 25.7 Å². The van der Waals surface area contributed by atoms with Crippen LogP contribution in [0.15, 0.2) is 25.0 Å². The molecule has 0 saturated carbocycles. The van der Waals surface area contributed by atoms with Gasteiger partial charge in [-0.2, -0.15) is 8.42 Å². The minimum atomic E-state index is -4.47. The Kier molecular flexibility index (Phi) is 7.24. The third-order valence-corrected chi connectivity index (χ3v) is 2.18. The van der Waals surface area contributed by atoms with Crippen LogP contribution in [0, 0.1) is 0 Å². The minimum absolute atomic E-state index is 0.0180. The van der Waals surface area contributed by atoms with E-state index in [1.165, 1.54) is 0 Å². The molecule has 0 aromatic carbocycles. The molecule has 0 aliphatic heterocycles. The Hall–Kier alpha value is -1.34. The fraction of sp³-hybridized carbons (Fsp3) is 0.500. The van der Waals surface area contributed by atoms with Crippen LogP contribution in [0.25, 0.3) is 0 Å². The highest BCUT2D eigenvalue weighted by Crippen LogP contribution is 2.10. The summed E-state index contributed by atoms with van der Waals surface area (Å²) >= 11 is 0. The standard InChI is InChI=1S/C10H16O6S/c1-3-10(11)15-8-6-4-5-7-9(2)16-17(12,13)14/h3H,1-2,4-8H2,(H,12,13,14). The zero-order valence-electron chi connectivity index (χ0n) is 9.42. The maximum atomic E-state index is 10.6. The van der Waals surface area contributed by atoms with Crippen molar-refractivity contribution in [3.05, 3.63) is 25.0 Å². The molecule has 0 unspecified atom stereocenters. The molecule has 0 radical (unpaired) electrons. The number of esters is 1. The molecule has 0 rings (SSSR count). The Morgan fingerprint density at radius 2 is 1.94 bits per heavy atom. The SMILES string of the molecule is C=CC(=O)OCCCCCC(=C)OS(=O)(=O)O. The quantitative estimate of drug-likeness (QED) is 0.224. The van der Waals surface area contributed by atoms with Crippen LogP contribution < -0.4 is 0 Å². The van der Waals surface area contributed by atoms with E-state index in [9.17, 15) is 13.2 Å². The molecule has 0 aliphatic rings. The second-order valence-electron chi connectivity index (χ2n) is 3.23. The zero-order valence-corrected chi connectivity index (χ0v) is 10.2. The lowest BCUT2D eigenvalue weighted by Crippen LogP contribution is -2.03. The van der Waals surface area contributed by atoms with Gasteiger partial charge in [0.15, 0.2) is 0 Å². The number of unbranched alkanes of at least 4 members (excludes halogenated alkanes) is 2. The molecule has 0 fully saturated rings. The number of ether oxygens (including phenoxy) is 1. The van der Waals surface area contributed by atoms with E-state index in [0.29, 0.717) is 19.3 Å². The molecule has 0 saturated heterocycles. The molecule has 6 nitrogen and oxygen atoms in total. The topological polar surface area (TPSA) is 89.9 Å². The summed E-state index contributed by atoms with van der Waals surface area (Å²) in [7, 11) is -4.47. The molecule has 1 N–H and O–H groups in total. The predicted octanol–water partition coefficient (Wildman–Crippen LogP) is 1.61. The second-order valence-corrected chi connectivity index (χ2v) is 4.25. The molecule has 0 heterocycles. The van der Waals surface area contributed by atoms with Gasteiger partial charge in [-0.25, -0.2) is 4.79 Å². The van der Waals surface area contributed by atoms with Gasteiger partial charge in [0.25, 0.3) is 0 Å². The normalized spacial score (nSPS) is 10.6. The van der Waals surface area contributed by atoms with Gasteiger partial charge in [0.2, 0.25) is 0 Å². The van der Waals surface area contributed by atoms with Crippen molar-refractivity contribution >= 4 is 16.4 Å². The molecule has 0 aromatic heterocycles. The number of hydrogen-bond donors (Lipinski definition) is 1. The molecule has 0 atom stereocenters. The largest absolute Gasteiger partial charge is 0.463 e. The first-order valence-corrected chi connectivity index (χ1v) is 6.35. The molecule has 0 amide bonds. The lowest BCUT2D eigenvalue weighted by Gasteiger charge is -2.05. The van der Waals surface area contributed by atoms with Gasteiger partial charge in [0, 0.05) is 12.5 Å². The molecule has 0 aromatic rings. The van der Waals surface area contributed by atoms with Gasteiger partial charge in [-0.3, -0.25) is 4.55 Å². The second kappa shape index (κ2) is 7.86. The van der Waals surface area contributed by atoms with Gasteiger partial charge < -0.3 is 8.92 Å². The fourth-order valence-electron chi connectivity index (χ4n) is 1.02. The van der Waals surface area contributed by atoms with Crippen LogP contribution in [0.1, 0.15) is 25.7 Å². The maximum absolute atomic E-state index is 10.6. The Bertz CT molecular complexity index is 370. The summed E-state index contributed by atoms with van der Waals surface area (Å²) in [6.07, 6.45) is 3.40. The van der Waals surface area contributed by atoms with Gasteiger partial charge in [-0.1, -0.05) is 13.2 Å². The summed E-state index contributed by atoms with van der Waals surface area (Å²) in [6, 6.07) is 0. The van der Waals surface area contributed by atoms with Gasteiger partial charge in [0.05, 0.1) is 6.61 Å². The van der Waals surface area contributed by atoms with Gasteiger partial charge in [-0.15, -0.1) is 0 Å². The van der Waals surface area contributed by atoms with Crippen LogP contribution in [0.5, 0.6) is 0 Å². The molecule has 0 aliphatic carbocycles. The van der Waals surface area contributed by atoms with E-state index in [1.54, 1.807) is 0 Å². The van der Waals surface area contributed by atoms with Crippen LogP contribution in [-0.2, 0) is 24.1 Å². The number of rotatable bonds is 9. The van der Waals surface area contributed by atoms with E-state index in [4.69, 9.17) is 9.29 Å². The van der Waals surface area contributed by atoms with Crippen molar-refractivity contribution in [3.8, 4) is 0 Å². The first-order chi connectivity index (χ1) is 7.85. The summed E-state index contributed by atoms with van der Waals surface area (Å²) in [5.41, 5.74) is 0. The lowest BCUT2D eigenvalue weighted by atomic mass is 10.2. The Morgan fingerprint density at radius 1 is 1.29 bits per heavy atom. The van der Waals surface area contributed by atoms with Crippen molar-refractivity contribution in [3.63, 3.8) is 0 Å². The summed E-state index contributed by atoms with van der Waals surface area (Å²) in [5.74, 6) is -0.486. The third kappa shape index (κ3) is 10.9. The molecule has 17 heavy (non-hydrogen) atoms. The molecule has 98 valence electrons. The number of hydrogen-bond acceptors (Lipinski definition) is 5. The first kappa shape index (κ1) is 15.7. The summed E-state index contributed by atoms with van der Waals surface area (Å²) in [4.78, 5) is 10.6. The van der Waals surface area contributed by atoms with E-state index in [0.717, 1.165) is 12.5 Å². The highest BCUT2D eigenvalue weighted by Gasteiger charge is 2.07. The van der Waals surface area contributed by atoms with Crippen LogP contribution in [0.2, 0.25) is 0 Å². The number of allylic oxidation sites excluding steroid dienone is 1. The van der Waals surface area contributed by atoms with E-state index in [-0.39, 0.29) is 12.4 Å². The average Bonchev–Trinajstić information content (AvgIpc) is 2.20. The fourth-order valence-corrected chi connectivity index (χ4v) is 1.40. The van der Waals surface area contributed by atoms with E-state index >= 15 is 0 Å². The third-order valence-electron chi connectivity index (χ3n) is 1.73. The van der Waals surface area contributed by atoms with E-state index in [2.05, 4.69) is 17.3 Å². The molecule has 0 bridgehead atoms. The van der Waals surface area contributed by atoms with E-state index in [1.807, 2.05) is 0 Å². The molecule has 0 spiro atoms. The number of carbonyl (C=O) groups excluding carboxylic acids is 1. The van der Waals surface area contributed by atoms with Crippen LogP contribution in [0.3, 0.4) is 0 Å². The minimum Gasteiger partial charge on any atom is -0.463 e. The van der Waals surface area contributed by atoms with Crippen molar-refractivity contribution in [1.82, 2.24) is 0 Å². The summed E-state index contributed by atoms with van der Waals surface area (Å²) in [5, 5.41) is 0. The monoisotopic (exact) mass is 264 g/mol. The number of carbonyl (C=O) groups is 1. The molecule has 7 heteroatoms. The Morgan fingerprint density at radius 3 is 2.47 bits per heavy atom. The summed E-state index contributed by atoms with van der Waals surface area (Å²) in [6.45, 7) is 6.88. The van der Waals surface area contributed by atoms with Crippen molar-refractivity contribution in [2.24, 2.45) is 0 Å².